The zero-order valence-corrected chi connectivity index (χ0v) is 18.8. The quantitative estimate of drug-likeness (QED) is 0.469. The predicted molar refractivity (Wildman–Crippen MR) is 124 cm³/mol. The van der Waals surface area contributed by atoms with Crippen molar-refractivity contribution < 1.29 is 0 Å². The first-order valence-corrected chi connectivity index (χ1v) is 11.2. The molecule has 0 fully saturated rings. The highest BCUT2D eigenvalue weighted by Crippen LogP contribution is 2.26. The molecule has 0 atom stereocenters. The van der Waals surface area contributed by atoms with Gasteiger partial charge in [-0.1, -0.05) is 30.7 Å². The van der Waals surface area contributed by atoms with Crippen LogP contribution in [0.1, 0.15) is 23.9 Å². The molecule has 0 radical (unpaired) electrons. The van der Waals surface area contributed by atoms with E-state index in [1.54, 1.807) is 41.7 Å². The molecule has 0 spiro atoms. The Morgan fingerprint density at radius 3 is 2.69 bits per heavy atom. The van der Waals surface area contributed by atoms with Gasteiger partial charge < -0.3 is 0 Å². The molecule has 0 saturated carbocycles. The lowest BCUT2D eigenvalue weighted by atomic mass is 10.2. The van der Waals surface area contributed by atoms with Crippen LogP contribution in [0.4, 0.5) is 5.69 Å². The minimum absolute atomic E-state index is 0.00180. The standard InChI is InChI=1S/C22H19ClN6O2S/c1-2-19-26-17-9-8-16(12-18(17)32-19)25-20-27-21(30)28(11-3-10-24)22(31)29(20)13-14-4-6-15(23)7-5-14/h4-9,12H,2-3,11,13H2,1H3,(H,25,27,30). The van der Waals surface area contributed by atoms with Gasteiger partial charge in [-0.05, 0) is 42.3 Å². The molecular weight excluding hydrogens is 448 g/mol. The molecule has 4 rings (SSSR count). The first kappa shape index (κ1) is 21.7. The topological polar surface area (TPSA) is 109 Å². The van der Waals surface area contributed by atoms with E-state index in [-0.39, 0.29) is 25.1 Å². The van der Waals surface area contributed by atoms with Crippen LogP contribution >= 0.6 is 22.9 Å². The molecule has 8 nitrogen and oxygen atoms in total. The molecule has 32 heavy (non-hydrogen) atoms. The maximum atomic E-state index is 13.1. The molecule has 0 aliphatic carbocycles. The SMILES string of the molecule is CCc1nc2ccc(/N=c3\[nH]c(=O)n(CCC#N)c(=O)n3Cc3ccc(Cl)cc3)cc2s1. The van der Waals surface area contributed by atoms with Crippen molar-refractivity contribution in [2.45, 2.75) is 32.9 Å². The van der Waals surface area contributed by atoms with Crippen molar-refractivity contribution in [2.24, 2.45) is 4.99 Å². The fourth-order valence-electron chi connectivity index (χ4n) is 3.22. The Balaban J connectivity index is 1.87. The van der Waals surface area contributed by atoms with E-state index in [1.807, 2.05) is 18.2 Å². The number of hydrogen-bond donors (Lipinski definition) is 1. The lowest BCUT2D eigenvalue weighted by molar-refractivity contribution is 0.529. The largest absolute Gasteiger partial charge is 0.335 e. The minimum Gasteiger partial charge on any atom is -0.277 e. The number of aromatic nitrogens is 4. The van der Waals surface area contributed by atoms with Gasteiger partial charge in [0.2, 0.25) is 5.62 Å². The molecule has 2 aromatic carbocycles. The molecule has 1 N–H and O–H groups in total. The summed E-state index contributed by atoms with van der Waals surface area (Å²) in [6.45, 7) is 2.23. The number of hydrogen-bond acceptors (Lipinski definition) is 6. The van der Waals surface area contributed by atoms with Gasteiger partial charge in [0.15, 0.2) is 0 Å². The van der Waals surface area contributed by atoms with Gasteiger partial charge in [-0.3, -0.25) is 9.55 Å². The number of nitriles is 1. The molecule has 0 bridgehead atoms. The van der Waals surface area contributed by atoms with Gasteiger partial charge in [0.25, 0.3) is 0 Å². The summed E-state index contributed by atoms with van der Waals surface area (Å²) < 4.78 is 3.38. The number of aryl methyl sites for hydroxylation is 1. The minimum atomic E-state index is -0.608. The number of halogens is 1. The van der Waals surface area contributed by atoms with E-state index in [1.165, 1.54) is 4.57 Å². The van der Waals surface area contributed by atoms with Crippen LogP contribution in [0, 0.1) is 11.3 Å². The highest BCUT2D eigenvalue weighted by Gasteiger charge is 2.10. The Labute approximate surface area is 191 Å². The Bertz CT molecular complexity index is 1510. The third kappa shape index (κ3) is 4.56. The summed E-state index contributed by atoms with van der Waals surface area (Å²) in [4.78, 5) is 37.5. The van der Waals surface area contributed by atoms with Crippen LogP contribution in [0.15, 0.2) is 57.0 Å². The fraction of sp³-hybridized carbons (Fsp3) is 0.227. The van der Waals surface area contributed by atoms with E-state index in [9.17, 15) is 9.59 Å². The molecule has 2 aromatic heterocycles. The second-order valence-electron chi connectivity index (χ2n) is 7.03. The van der Waals surface area contributed by atoms with Crippen molar-refractivity contribution in [3.05, 3.63) is 84.6 Å². The van der Waals surface area contributed by atoms with Gasteiger partial charge in [0.05, 0.1) is 39.9 Å². The van der Waals surface area contributed by atoms with Gasteiger partial charge in [0, 0.05) is 11.6 Å². The first-order chi connectivity index (χ1) is 15.5. The maximum Gasteiger partial charge on any atom is 0.335 e. The summed E-state index contributed by atoms with van der Waals surface area (Å²) in [5, 5.41) is 10.5. The number of rotatable bonds is 6. The van der Waals surface area contributed by atoms with Crippen molar-refractivity contribution in [1.29, 1.82) is 5.26 Å². The molecular formula is C22H19ClN6O2S. The second-order valence-corrected chi connectivity index (χ2v) is 8.59. The molecule has 2 heterocycles. The molecule has 10 heteroatoms. The van der Waals surface area contributed by atoms with Gasteiger partial charge in [-0.2, -0.15) is 5.26 Å². The van der Waals surface area contributed by atoms with Crippen LogP contribution in [0.25, 0.3) is 10.2 Å². The summed E-state index contributed by atoms with van der Waals surface area (Å²) in [5.74, 6) is 0. The third-order valence-corrected chi connectivity index (χ3v) is 6.25. The highest BCUT2D eigenvalue weighted by molar-refractivity contribution is 7.18. The number of nitrogens with zero attached hydrogens (tertiary/aromatic N) is 5. The van der Waals surface area contributed by atoms with Gasteiger partial charge in [0.1, 0.15) is 0 Å². The van der Waals surface area contributed by atoms with E-state index in [2.05, 4.69) is 21.9 Å². The van der Waals surface area contributed by atoms with Crippen LogP contribution < -0.4 is 17.0 Å². The van der Waals surface area contributed by atoms with Crippen LogP contribution in [0.5, 0.6) is 0 Å². The number of fused-ring (bicyclic) bond motifs is 1. The number of benzene rings is 2. The van der Waals surface area contributed by atoms with E-state index in [4.69, 9.17) is 16.9 Å². The molecule has 0 saturated heterocycles. The van der Waals surface area contributed by atoms with E-state index < -0.39 is 11.4 Å². The Morgan fingerprint density at radius 2 is 1.97 bits per heavy atom. The molecule has 162 valence electrons. The monoisotopic (exact) mass is 466 g/mol. The summed E-state index contributed by atoms with van der Waals surface area (Å²) in [7, 11) is 0. The molecule has 4 aromatic rings. The lowest BCUT2D eigenvalue weighted by Crippen LogP contribution is -2.50. The summed E-state index contributed by atoms with van der Waals surface area (Å²) in [6, 6.07) is 14.6. The van der Waals surface area contributed by atoms with Gasteiger partial charge in [-0.25, -0.2) is 24.1 Å². The number of H-pyrrole nitrogens is 1. The highest BCUT2D eigenvalue weighted by atomic mass is 35.5. The Hall–Kier alpha value is -3.48. The lowest BCUT2D eigenvalue weighted by Gasteiger charge is -2.10. The second kappa shape index (κ2) is 9.34. The van der Waals surface area contributed by atoms with Crippen LogP contribution in [0.2, 0.25) is 5.02 Å². The normalized spacial score (nSPS) is 11.7. The van der Waals surface area contributed by atoms with Crippen LogP contribution in [-0.4, -0.2) is 19.1 Å². The van der Waals surface area contributed by atoms with Crippen LogP contribution in [-0.2, 0) is 19.5 Å². The number of aromatic amines is 1. The average Bonchev–Trinajstić information content (AvgIpc) is 3.20. The fourth-order valence-corrected chi connectivity index (χ4v) is 4.29. The zero-order chi connectivity index (χ0) is 22.7. The van der Waals surface area contributed by atoms with Crippen molar-refractivity contribution in [3.8, 4) is 6.07 Å². The third-order valence-electron chi connectivity index (χ3n) is 4.84. The van der Waals surface area contributed by atoms with Gasteiger partial charge >= 0.3 is 11.4 Å². The van der Waals surface area contributed by atoms with E-state index >= 15 is 0 Å². The van der Waals surface area contributed by atoms with E-state index in [0.29, 0.717) is 10.7 Å². The number of thiazole rings is 1. The smallest absolute Gasteiger partial charge is 0.277 e. The molecule has 0 amide bonds. The predicted octanol–water partition coefficient (Wildman–Crippen LogP) is 3.36. The summed E-state index contributed by atoms with van der Waals surface area (Å²) in [6.07, 6.45) is 0.892. The first-order valence-electron chi connectivity index (χ1n) is 9.98. The van der Waals surface area contributed by atoms with Crippen molar-refractivity contribution in [2.75, 3.05) is 0 Å². The molecule has 0 aliphatic heterocycles. The van der Waals surface area contributed by atoms with Gasteiger partial charge in [-0.15, -0.1) is 11.3 Å². The van der Waals surface area contributed by atoms with Crippen LogP contribution in [0.3, 0.4) is 0 Å². The molecule has 0 aliphatic rings. The van der Waals surface area contributed by atoms with Crippen molar-refractivity contribution in [1.82, 2.24) is 19.1 Å². The maximum absolute atomic E-state index is 13.1. The summed E-state index contributed by atoms with van der Waals surface area (Å²) >= 11 is 7.56. The average molecular weight is 467 g/mol. The summed E-state index contributed by atoms with van der Waals surface area (Å²) in [5.41, 5.74) is 1.28. The zero-order valence-electron chi connectivity index (χ0n) is 17.2. The van der Waals surface area contributed by atoms with Crippen molar-refractivity contribution in [3.63, 3.8) is 0 Å². The van der Waals surface area contributed by atoms with Crippen molar-refractivity contribution >= 4 is 38.8 Å². The van der Waals surface area contributed by atoms with E-state index in [0.717, 1.165) is 31.8 Å². The Morgan fingerprint density at radius 1 is 1.19 bits per heavy atom. The number of nitrogens with one attached hydrogen (secondary N) is 1. The molecule has 0 unspecified atom stereocenters. The Kier molecular flexibility index (Phi) is 6.35.